The molecule has 0 spiro atoms. The molecule has 0 N–H and O–H groups in total. The smallest absolute Gasteiger partial charge is 0.00974 e. The SMILES string of the molecule is CC(C)CN(C)C1CC(C)C1. The molecule has 0 aliphatic heterocycles. The molecular formula is C10H21N. The monoisotopic (exact) mass is 155 g/mol. The van der Waals surface area contributed by atoms with Crippen molar-refractivity contribution in [2.24, 2.45) is 11.8 Å². The predicted octanol–water partition coefficient (Wildman–Crippen LogP) is 2.37. The molecule has 11 heavy (non-hydrogen) atoms. The first-order valence-electron chi connectivity index (χ1n) is 4.79. The lowest BCUT2D eigenvalue weighted by Crippen LogP contribution is -2.43. The minimum absolute atomic E-state index is 0.816. The van der Waals surface area contributed by atoms with Gasteiger partial charge in [0.25, 0.3) is 0 Å². The van der Waals surface area contributed by atoms with Crippen LogP contribution in [-0.2, 0) is 0 Å². The fourth-order valence-corrected chi connectivity index (χ4v) is 1.94. The summed E-state index contributed by atoms with van der Waals surface area (Å²) >= 11 is 0. The van der Waals surface area contributed by atoms with Crippen molar-refractivity contribution in [2.75, 3.05) is 13.6 Å². The summed E-state index contributed by atoms with van der Waals surface area (Å²) in [7, 11) is 2.26. The highest BCUT2D eigenvalue weighted by molar-refractivity contribution is 4.83. The van der Waals surface area contributed by atoms with Crippen LogP contribution in [0.2, 0.25) is 0 Å². The summed E-state index contributed by atoms with van der Waals surface area (Å²) in [4.78, 5) is 2.52. The zero-order chi connectivity index (χ0) is 8.43. The number of nitrogens with zero attached hydrogens (tertiary/aromatic N) is 1. The molecular weight excluding hydrogens is 134 g/mol. The molecule has 1 aliphatic carbocycles. The minimum Gasteiger partial charge on any atom is -0.303 e. The Hall–Kier alpha value is -0.0400. The molecule has 1 aliphatic rings. The molecule has 0 radical (unpaired) electrons. The Morgan fingerprint density at radius 2 is 1.91 bits per heavy atom. The number of hydrogen-bond acceptors (Lipinski definition) is 1. The van der Waals surface area contributed by atoms with Gasteiger partial charge in [-0.2, -0.15) is 0 Å². The van der Waals surface area contributed by atoms with E-state index in [4.69, 9.17) is 0 Å². The fraction of sp³-hybridized carbons (Fsp3) is 1.00. The van der Waals surface area contributed by atoms with E-state index in [2.05, 4.69) is 32.7 Å². The molecule has 1 heteroatoms. The van der Waals surface area contributed by atoms with E-state index < -0.39 is 0 Å². The Bertz CT molecular complexity index is 114. The summed E-state index contributed by atoms with van der Waals surface area (Å²) in [5, 5.41) is 0. The summed E-state index contributed by atoms with van der Waals surface area (Å²) in [6.45, 7) is 8.19. The molecule has 0 bridgehead atoms. The van der Waals surface area contributed by atoms with Crippen molar-refractivity contribution in [3.05, 3.63) is 0 Å². The lowest BCUT2D eigenvalue weighted by atomic mass is 9.81. The molecule has 0 heterocycles. The zero-order valence-electron chi connectivity index (χ0n) is 8.30. The Morgan fingerprint density at radius 1 is 1.36 bits per heavy atom. The van der Waals surface area contributed by atoms with Crippen LogP contribution in [0, 0.1) is 11.8 Å². The number of rotatable bonds is 3. The average molecular weight is 155 g/mol. The van der Waals surface area contributed by atoms with Crippen LogP contribution < -0.4 is 0 Å². The average Bonchev–Trinajstić information content (AvgIpc) is 1.79. The normalized spacial score (nSPS) is 31.1. The van der Waals surface area contributed by atoms with E-state index >= 15 is 0 Å². The van der Waals surface area contributed by atoms with Crippen molar-refractivity contribution in [2.45, 2.75) is 39.7 Å². The van der Waals surface area contributed by atoms with Crippen LogP contribution in [0.3, 0.4) is 0 Å². The molecule has 0 aromatic heterocycles. The van der Waals surface area contributed by atoms with Crippen LogP contribution in [0.4, 0.5) is 0 Å². The van der Waals surface area contributed by atoms with E-state index in [1.165, 1.54) is 19.4 Å². The molecule has 0 amide bonds. The van der Waals surface area contributed by atoms with Gasteiger partial charge < -0.3 is 4.90 Å². The van der Waals surface area contributed by atoms with Gasteiger partial charge in [0.1, 0.15) is 0 Å². The van der Waals surface area contributed by atoms with Crippen LogP contribution in [0.5, 0.6) is 0 Å². The third kappa shape index (κ3) is 2.48. The highest BCUT2D eigenvalue weighted by Gasteiger charge is 2.28. The molecule has 66 valence electrons. The van der Waals surface area contributed by atoms with E-state index in [-0.39, 0.29) is 0 Å². The molecule has 0 aromatic rings. The van der Waals surface area contributed by atoms with Crippen LogP contribution >= 0.6 is 0 Å². The van der Waals surface area contributed by atoms with Crippen molar-refractivity contribution in [3.63, 3.8) is 0 Å². The fourth-order valence-electron chi connectivity index (χ4n) is 1.94. The standard InChI is InChI=1S/C10H21N/c1-8(2)7-11(4)10-5-9(3)6-10/h8-10H,5-7H2,1-4H3. The van der Waals surface area contributed by atoms with E-state index in [9.17, 15) is 0 Å². The van der Waals surface area contributed by atoms with Gasteiger partial charge in [-0.05, 0) is 31.7 Å². The van der Waals surface area contributed by atoms with Crippen LogP contribution in [-0.4, -0.2) is 24.5 Å². The van der Waals surface area contributed by atoms with E-state index in [1.807, 2.05) is 0 Å². The third-order valence-corrected chi connectivity index (χ3v) is 2.63. The summed E-state index contributed by atoms with van der Waals surface area (Å²) in [6, 6.07) is 0.896. The van der Waals surface area contributed by atoms with Crippen molar-refractivity contribution in [1.29, 1.82) is 0 Å². The second-order valence-corrected chi connectivity index (χ2v) is 4.56. The maximum atomic E-state index is 2.52. The Labute approximate surface area is 70.8 Å². The van der Waals surface area contributed by atoms with Crippen molar-refractivity contribution in [1.82, 2.24) is 4.90 Å². The summed E-state index contributed by atoms with van der Waals surface area (Å²) in [6.07, 6.45) is 2.84. The maximum Gasteiger partial charge on any atom is 0.00974 e. The Morgan fingerprint density at radius 3 is 2.27 bits per heavy atom. The van der Waals surface area contributed by atoms with E-state index in [0.717, 1.165) is 17.9 Å². The van der Waals surface area contributed by atoms with Gasteiger partial charge in [-0.3, -0.25) is 0 Å². The van der Waals surface area contributed by atoms with Gasteiger partial charge in [-0.15, -0.1) is 0 Å². The van der Waals surface area contributed by atoms with Gasteiger partial charge in [0.15, 0.2) is 0 Å². The largest absolute Gasteiger partial charge is 0.303 e. The van der Waals surface area contributed by atoms with Gasteiger partial charge in [-0.1, -0.05) is 20.8 Å². The molecule has 1 saturated carbocycles. The van der Waals surface area contributed by atoms with Gasteiger partial charge in [0.05, 0.1) is 0 Å². The molecule has 0 aromatic carbocycles. The van der Waals surface area contributed by atoms with Crippen LogP contribution in [0.1, 0.15) is 33.6 Å². The number of hydrogen-bond donors (Lipinski definition) is 0. The second kappa shape index (κ2) is 3.57. The molecule has 1 nitrogen and oxygen atoms in total. The van der Waals surface area contributed by atoms with Crippen molar-refractivity contribution < 1.29 is 0 Å². The van der Waals surface area contributed by atoms with Crippen molar-refractivity contribution >= 4 is 0 Å². The second-order valence-electron chi connectivity index (χ2n) is 4.56. The van der Waals surface area contributed by atoms with Crippen molar-refractivity contribution in [3.8, 4) is 0 Å². The molecule has 1 fully saturated rings. The first-order valence-corrected chi connectivity index (χ1v) is 4.79. The van der Waals surface area contributed by atoms with E-state index in [0.29, 0.717) is 0 Å². The maximum absolute atomic E-state index is 2.52. The van der Waals surface area contributed by atoms with E-state index in [1.54, 1.807) is 0 Å². The summed E-state index contributed by atoms with van der Waals surface area (Å²) in [5.41, 5.74) is 0. The highest BCUT2D eigenvalue weighted by atomic mass is 15.1. The van der Waals surface area contributed by atoms with Crippen LogP contribution in [0.15, 0.2) is 0 Å². The lowest BCUT2D eigenvalue weighted by Gasteiger charge is -2.40. The van der Waals surface area contributed by atoms with Gasteiger partial charge in [-0.25, -0.2) is 0 Å². The Balaban J connectivity index is 2.16. The van der Waals surface area contributed by atoms with Gasteiger partial charge >= 0.3 is 0 Å². The third-order valence-electron chi connectivity index (χ3n) is 2.63. The molecule has 0 atom stereocenters. The Kier molecular flexibility index (Phi) is 2.94. The lowest BCUT2D eigenvalue weighted by molar-refractivity contribution is 0.100. The minimum atomic E-state index is 0.816. The molecule has 0 unspecified atom stereocenters. The molecule has 1 rings (SSSR count). The predicted molar refractivity (Wildman–Crippen MR) is 49.7 cm³/mol. The van der Waals surface area contributed by atoms with Crippen LogP contribution in [0.25, 0.3) is 0 Å². The zero-order valence-corrected chi connectivity index (χ0v) is 8.30. The highest BCUT2D eigenvalue weighted by Crippen LogP contribution is 2.30. The van der Waals surface area contributed by atoms with Gasteiger partial charge in [0.2, 0.25) is 0 Å². The van der Waals surface area contributed by atoms with Gasteiger partial charge in [0, 0.05) is 12.6 Å². The quantitative estimate of drug-likeness (QED) is 0.605. The topological polar surface area (TPSA) is 3.24 Å². The first kappa shape index (κ1) is 9.05. The summed E-state index contributed by atoms with van der Waals surface area (Å²) in [5.74, 6) is 1.80. The first-order chi connectivity index (χ1) is 5.09. The molecule has 0 saturated heterocycles. The summed E-state index contributed by atoms with van der Waals surface area (Å²) < 4.78 is 0.